The number of hydrogen-bond donors (Lipinski definition) is 1. The summed E-state index contributed by atoms with van der Waals surface area (Å²) in [5.74, 6) is -0.224. The van der Waals surface area contributed by atoms with Crippen molar-refractivity contribution in [3.8, 4) is 0 Å². The summed E-state index contributed by atoms with van der Waals surface area (Å²) >= 11 is 6.00. The van der Waals surface area contributed by atoms with Crippen LogP contribution in [0.25, 0.3) is 0 Å². The molecule has 0 saturated carbocycles. The minimum Gasteiger partial charge on any atom is -0.319 e. The van der Waals surface area contributed by atoms with E-state index in [9.17, 15) is 18.0 Å². The SMILES string of the molecule is Cc1ccn(C)c(=O)c1NC(=O)N(C)[C@H]1CS(=O)(=O)c2ccc(Cl)cc21. The molecule has 1 aromatic carbocycles. The molecule has 0 radical (unpaired) electrons. The number of rotatable bonds is 2. The smallest absolute Gasteiger partial charge is 0.319 e. The third kappa shape index (κ3) is 3.10. The lowest BCUT2D eigenvalue weighted by atomic mass is 10.1. The topological polar surface area (TPSA) is 88.5 Å². The highest BCUT2D eigenvalue weighted by Gasteiger charge is 2.38. The van der Waals surface area contributed by atoms with Crippen molar-refractivity contribution in [2.75, 3.05) is 18.1 Å². The third-order valence-electron chi connectivity index (χ3n) is 4.54. The van der Waals surface area contributed by atoms with Gasteiger partial charge in [0.2, 0.25) is 0 Å². The van der Waals surface area contributed by atoms with Crippen LogP contribution in [0.2, 0.25) is 5.02 Å². The molecule has 2 aromatic rings. The average Bonchev–Trinajstić information content (AvgIpc) is 2.84. The monoisotopic (exact) mass is 395 g/mol. The summed E-state index contributed by atoms with van der Waals surface area (Å²) in [6.45, 7) is 1.71. The third-order valence-corrected chi connectivity index (χ3v) is 6.57. The Morgan fingerprint density at radius 2 is 2.04 bits per heavy atom. The number of sulfone groups is 1. The van der Waals surface area contributed by atoms with Gasteiger partial charge in [0, 0.05) is 25.3 Å². The van der Waals surface area contributed by atoms with Crippen molar-refractivity contribution >= 4 is 33.2 Å². The lowest BCUT2D eigenvalue weighted by Crippen LogP contribution is -2.37. The predicted molar refractivity (Wildman–Crippen MR) is 99.4 cm³/mol. The maximum absolute atomic E-state index is 12.7. The molecule has 0 unspecified atom stereocenters. The Kier molecular flexibility index (Phi) is 4.58. The van der Waals surface area contributed by atoms with Crippen LogP contribution in [-0.2, 0) is 16.9 Å². The Morgan fingerprint density at radius 3 is 2.73 bits per heavy atom. The van der Waals surface area contributed by atoms with Gasteiger partial charge in [-0.05, 0) is 42.3 Å². The van der Waals surface area contributed by atoms with E-state index in [-0.39, 0.29) is 21.9 Å². The van der Waals surface area contributed by atoms with Crippen molar-refractivity contribution in [1.29, 1.82) is 0 Å². The molecule has 9 heteroatoms. The molecule has 1 N–H and O–H groups in total. The van der Waals surface area contributed by atoms with Crippen LogP contribution >= 0.6 is 11.6 Å². The zero-order valence-electron chi connectivity index (χ0n) is 14.5. The Balaban J connectivity index is 1.93. The van der Waals surface area contributed by atoms with Gasteiger partial charge in [-0.2, -0.15) is 0 Å². The van der Waals surface area contributed by atoms with Crippen LogP contribution < -0.4 is 10.9 Å². The number of nitrogens with one attached hydrogen (secondary N) is 1. The molecule has 7 nitrogen and oxygen atoms in total. The first-order valence-electron chi connectivity index (χ1n) is 7.84. The highest BCUT2D eigenvalue weighted by Crippen LogP contribution is 2.38. The molecule has 1 aliphatic heterocycles. The van der Waals surface area contributed by atoms with Crippen LogP contribution in [-0.4, -0.2) is 36.7 Å². The number of anilines is 1. The van der Waals surface area contributed by atoms with Gasteiger partial charge in [-0.15, -0.1) is 0 Å². The molecule has 2 amide bonds. The second-order valence-electron chi connectivity index (χ2n) is 6.31. The van der Waals surface area contributed by atoms with Gasteiger partial charge in [0.1, 0.15) is 5.69 Å². The van der Waals surface area contributed by atoms with E-state index in [0.717, 1.165) is 0 Å². The van der Waals surface area contributed by atoms with Crippen LogP contribution in [0, 0.1) is 6.92 Å². The second kappa shape index (κ2) is 6.44. The van der Waals surface area contributed by atoms with Gasteiger partial charge in [-0.3, -0.25) is 4.79 Å². The average molecular weight is 396 g/mol. The molecule has 0 bridgehead atoms. The van der Waals surface area contributed by atoms with Crippen LogP contribution in [0.5, 0.6) is 0 Å². The van der Waals surface area contributed by atoms with Crippen LogP contribution in [0.3, 0.4) is 0 Å². The molecular formula is C17H18ClN3O4S. The van der Waals surface area contributed by atoms with Crippen LogP contribution in [0.4, 0.5) is 10.5 Å². The number of carbonyl (C=O) groups excluding carboxylic acids is 1. The van der Waals surface area contributed by atoms with Crippen LogP contribution in [0.1, 0.15) is 17.2 Å². The first-order chi connectivity index (χ1) is 12.1. The van der Waals surface area contributed by atoms with E-state index in [1.54, 1.807) is 32.3 Å². The maximum Gasteiger partial charge on any atom is 0.322 e. The Bertz CT molecular complexity index is 1060. The molecule has 26 heavy (non-hydrogen) atoms. The minimum atomic E-state index is -3.49. The number of nitrogens with zero attached hydrogens (tertiary/aromatic N) is 2. The number of amides is 2. The molecule has 0 aliphatic carbocycles. The Labute approximate surface area is 156 Å². The van der Waals surface area contributed by atoms with Gasteiger partial charge < -0.3 is 14.8 Å². The lowest BCUT2D eigenvalue weighted by Gasteiger charge is -2.25. The molecule has 1 aliphatic rings. The van der Waals surface area contributed by atoms with Gasteiger partial charge >= 0.3 is 6.03 Å². The Morgan fingerprint density at radius 1 is 1.35 bits per heavy atom. The summed E-state index contributed by atoms with van der Waals surface area (Å²) in [6.07, 6.45) is 1.61. The molecule has 3 rings (SSSR count). The summed E-state index contributed by atoms with van der Waals surface area (Å²) in [7, 11) is -0.412. The first kappa shape index (κ1) is 18.5. The number of fused-ring (bicyclic) bond motifs is 1. The van der Waals surface area contributed by atoms with E-state index in [2.05, 4.69) is 5.32 Å². The minimum absolute atomic E-state index is 0.166. The summed E-state index contributed by atoms with van der Waals surface area (Å²) in [4.78, 5) is 26.4. The number of urea groups is 1. The number of carbonyl (C=O) groups is 1. The fourth-order valence-corrected chi connectivity index (χ4v) is 4.99. The second-order valence-corrected chi connectivity index (χ2v) is 8.75. The fourth-order valence-electron chi connectivity index (χ4n) is 2.98. The quantitative estimate of drug-likeness (QED) is 0.845. The van der Waals surface area contributed by atoms with E-state index in [1.165, 1.54) is 28.6 Å². The fraction of sp³-hybridized carbons (Fsp3) is 0.294. The molecule has 138 valence electrons. The normalized spacial score (nSPS) is 17.6. The molecule has 0 saturated heterocycles. The molecule has 0 fully saturated rings. The van der Waals surface area contributed by atoms with Crippen LogP contribution in [0.15, 0.2) is 40.2 Å². The molecule has 0 spiro atoms. The molecule has 2 heterocycles. The van der Waals surface area contributed by atoms with E-state index >= 15 is 0 Å². The number of benzene rings is 1. The van der Waals surface area contributed by atoms with Gasteiger partial charge in [0.25, 0.3) is 5.56 Å². The predicted octanol–water partition coefficient (Wildman–Crippen LogP) is 2.34. The van der Waals surface area contributed by atoms with Crippen molar-refractivity contribution < 1.29 is 13.2 Å². The highest BCUT2D eigenvalue weighted by atomic mass is 35.5. The number of aromatic nitrogens is 1. The summed E-state index contributed by atoms with van der Waals surface area (Å²) in [5.41, 5.74) is 0.929. The first-order valence-corrected chi connectivity index (χ1v) is 9.87. The number of hydrogen-bond acceptors (Lipinski definition) is 4. The largest absolute Gasteiger partial charge is 0.322 e. The van der Waals surface area contributed by atoms with Crippen molar-refractivity contribution in [2.24, 2.45) is 7.05 Å². The van der Waals surface area contributed by atoms with Gasteiger partial charge in [0.15, 0.2) is 9.84 Å². The van der Waals surface area contributed by atoms with E-state index < -0.39 is 21.9 Å². The molecule has 1 aromatic heterocycles. The maximum atomic E-state index is 12.7. The highest BCUT2D eigenvalue weighted by molar-refractivity contribution is 7.91. The van der Waals surface area contributed by atoms with E-state index in [1.807, 2.05) is 0 Å². The van der Waals surface area contributed by atoms with Crippen molar-refractivity contribution in [2.45, 2.75) is 17.9 Å². The number of pyridine rings is 1. The Hall–Kier alpha value is -2.32. The van der Waals surface area contributed by atoms with E-state index in [4.69, 9.17) is 11.6 Å². The van der Waals surface area contributed by atoms with Crippen molar-refractivity contribution in [3.63, 3.8) is 0 Å². The summed E-state index contributed by atoms with van der Waals surface area (Å²) in [5, 5.41) is 2.99. The van der Waals surface area contributed by atoms with Crippen molar-refractivity contribution in [3.05, 3.63) is 57.0 Å². The van der Waals surface area contributed by atoms with Crippen molar-refractivity contribution in [1.82, 2.24) is 9.47 Å². The van der Waals surface area contributed by atoms with E-state index in [0.29, 0.717) is 16.1 Å². The number of halogens is 1. The summed E-state index contributed by atoms with van der Waals surface area (Å²) < 4.78 is 26.1. The van der Waals surface area contributed by atoms with Gasteiger partial charge in [0.05, 0.1) is 16.7 Å². The zero-order valence-corrected chi connectivity index (χ0v) is 16.1. The van der Waals surface area contributed by atoms with Gasteiger partial charge in [-0.1, -0.05) is 11.6 Å². The molecular weight excluding hydrogens is 378 g/mol. The molecule has 1 atom stereocenters. The number of aryl methyl sites for hydroxylation is 2. The zero-order chi connectivity index (χ0) is 19.2. The summed E-state index contributed by atoms with van der Waals surface area (Å²) in [6, 6.07) is 4.99. The lowest BCUT2D eigenvalue weighted by molar-refractivity contribution is 0.209. The standard InChI is InChI=1S/C17H18ClN3O4S/c1-10-6-7-20(2)16(22)15(10)19-17(23)21(3)13-9-26(24,25)14-5-4-11(18)8-12(13)14/h4-8,13H,9H2,1-3H3,(H,19,23)/t13-/m0/s1. The van der Waals surface area contributed by atoms with Gasteiger partial charge in [-0.25, -0.2) is 13.2 Å².